The molecule has 0 saturated heterocycles. The van der Waals surface area contributed by atoms with Crippen molar-refractivity contribution in [3.8, 4) is 0 Å². The minimum Gasteiger partial charge on any atom is -0.480 e. The van der Waals surface area contributed by atoms with E-state index < -0.39 is 12.0 Å². The first-order valence-electron chi connectivity index (χ1n) is 4.59. The summed E-state index contributed by atoms with van der Waals surface area (Å²) in [4.78, 5) is 14.7. The van der Waals surface area contributed by atoms with Gasteiger partial charge in [-0.3, -0.25) is 4.79 Å². The van der Waals surface area contributed by atoms with Gasteiger partial charge in [0.15, 0.2) is 11.5 Å². The van der Waals surface area contributed by atoms with Crippen molar-refractivity contribution in [3.63, 3.8) is 0 Å². The van der Waals surface area contributed by atoms with Crippen molar-refractivity contribution < 1.29 is 14.3 Å². The minimum atomic E-state index is -1.08. The number of oxazole rings is 1. The Morgan fingerprint density at radius 3 is 3.06 bits per heavy atom. The van der Waals surface area contributed by atoms with E-state index in [1.165, 1.54) is 0 Å². The van der Waals surface area contributed by atoms with Crippen LogP contribution in [0.25, 0.3) is 11.1 Å². The van der Waals surface area contributed by atoms with Crippen LogP contribution in [0, 0.1) is 0 Å². The molecule has 0 fully saturated rings. The van der Waals surface area contributed by atoms with Crippen LogP contribution in [0.1, 0.15) is 5.89 Å². The molecule has 3 N–H and O–H groups in total. The SMILES string of the molecule is N[C@@H](Cc1nc2cc(Cl)ccc2o1)C(=O)O. The molecule has 1 aromatic carbocycles. The quantitative estimate of drug-likeness (QED) is 0.847. The monoisotopic (exact) mass is 240 g/mol. The number of fused-ring (bicyclic) bond motifs is 1. The zero-order chi connectivity index (χ0) is 11.7. The number of rotatable bonds is 3. The molecule has 0 aliphatic carbocycles. The molecule has 6 heteroatoms. The third kappa shape index (κ3) is 2.15. The molecule has 16 heavy (non-hydrogen) atoms. The van der Waals surface area contributed by atoms with E-state index in [0.717, 1.165) is 0 Å². The van der Waals surface area contributed by atoms with E-state index >= 15 is 0 Å². The number of benzene rings is 1. The molecule has 0 bridgehead atoms. The first kappa shape index (κ1) is 10.9. The Hall–Kier alpha value is -1.59. The van der Waals surface area contributed by atoms with Gasteiger partial charge in [0.2, 0.25) is 0 Å². The molecule has 0 unspecified atom stereocenters. The van der Waals surface area contributed by atoms with Gasteiger partial charge < -0.3 is 15.3 Å². The van der Waals surface area contributed by atoms with Crippen molar-refractivity contribution >= 4 is 28.7 Å². The molecule has 1 heterocycles. The maximum atomic E-state index is 10.6. The van der Waals surface area contributed by atoms with E-state index in [4.69, 9.17) is 26.9 Å². The van der Waals surface area contributed by atoms with E-state index in [1.807, 2.05) is 0 Å². The highest BCUT2D eigenvalue weighted by Gasteiger charge is 2.16. The number of carboxylic acids is 1. The molecule has 2 aromatic rings. The highest BCUT2D eigenvalue weighted by Crippen LogP contribution is 2.20. The summed E-state index contributed by atoms with van der Waals surface area (Å²) in [6, 6.07) is 4.00. The van der Waals surface area contributed by atoms with Crippen LogP contribution in [0.2, 0.25) is 5.02 Å². The Kier molecular flexibility index (Phi) is 2.80. The molecule has 0 aliphatic heterocycles. The van der Waals surface area contributed by atoms with Crippen LogP contribution in [0.3, 0.4) is 0 Å². The average molecular weight is 241 g/mol. The zero-order valence-electron chi connectivity index (χ0n) is 8.18. The number of carbonyl (C=O) groups is 1. The lowest BCUT2D eigenvalue weighted by Crippen LogP contribution is -2.32. The van der Waals surface area contributed by atoms with Crippen LogP contribution in [0.5, 0.6) is 0 Å². The zero-order valence-corrected chi connectivity index (χ0v) is 8.94. The number of aromatic nitrogens is 1. The van der Waals surface area contributed by atoms with Crippen LogP contribution in [-0.4, -0.2) is 22.1 Å². The third-order valence-corrected chi connectivity index (χ3v) is 2.34. The lowest BCUT2D eigenvalue weighted by atomic mass is 10.2. The van der Waals surface area contributed by atoms with Crippen LogP contribution in [0.15, 0.2) is 22.6 Å². The molecule has 1 aromatic heterocycles. The molecule has 0 amide bonds. The number of nitrogens with zero attached hydrogens (tertiary/aromatic N) is 1. The number of aliphatic carboxylic acids is 1. The van der Waals surface area contributed by atoms with Gasteiger partial charge in [-0.1, -0.05) is 11.6 Å². The molecule has 5 nitrogen and oxygen atoms in total. The number of halogens is 1. The molecule has 0 aliphatic rings. The van der Waals surface area contributed by atoms with Crippen LogP contribution < -0.4 is 5.73 Å². The summed E-state index contributed by atoms with van der Waals surface area (Å²) < 4.78 is 5.33. The Morgan fingerprint density at radius 1 is 1.62 bits per heavy atom. The largest absolute Gasteiger partial charge is 0.480 e. The summed E-state index contributed by atoms with van der Waals surface area (Å²) >= 11 is 5.78. The smallest absolute Gasteiger partial charge is 0.321 e. The summed E-state index contributed by atoms with van der Waals surface area (Å²) in [6.07, 6.45) is 0.0572. The minimum absolute atomic E-state index is 0.0572. The first-order valence-corrected chi connectivity index (χ1v) is 4.97. The Bertz CT molecular complexity index is 538. The highest BCUT2D eigenvalue weighted by molar-refractivity contribution is 6.31. The number of hydrogen-bond donors (Lipinski definition) is 2. The second kappa shape index (κ2) is 4.11. The van der Waals surface area contributed by atoms with E-state index in [9.17, 15) is 4.79 Å². The van der Waals surface area contributed by atoms with Crippen LogP contribution >= 0.6 is 11.6 Å². The Morgan fingerprint density at radius 2 is 2.38 bits per heavy atom. The van der Waals surface area contributed by atoms with Crippen molar-refractivity contribution in [2.45, 2.75) is 12.5 Å². The molecule has 0 radical (unpaired) electrons. The lowest BCUT2D eigenvalue weighted by molar-refractivity contribution is -0.138. The molecule has 1 atom stereocenters. The summed E-state index contributed by atoms with van der Waals surface area (Å²) in [5.41, 5.74) is 6.54. The van der Waals surface area contributed by atoms with Gasteiger partial charge in [-0.25, -0.2) is 4.98 Å². The lowest BCUT2D eigenvalue weighted by Gasteiger charge is -2.00. The number of carboxylic acid groups (broad SMARTS) is 1. The second-order valence-corrected chi connectivity index (χ2v) is 3.80. The predicted octanol–water partition coefficient (Wildman–Crippen LogP) is 1.44. The van der Waals surface area contributed by atoms with Gasteiger partial charge in [-0.2, -0.15) is 0 Å². The normalized spacial score (nSPS) is 12.9. The Balaban J connectivity index is 2.29. The predicted molar refractivity (Wildman–Crippen MR) is 58.3 cm³/mol. The molecule has 84 valence electrons. The maximum Gasteiger partial charge on any atom is 0.321 e. The standard InChI is InChI=1S/C10H9ClN2O3/c11-5-1-2-8-7(3-5)13-9(16-8)4-6(12)10(14)15/h1-3,6H,4,12H2,(H,14,15)/t6-/m0/s1. The van der Waals surface area contributed by atoms with Crippen molar-refractivity contribution in [3.05, 3.63) is 29.1 Å². The molecular formula is C10H9ClN2O3. The van der Waals surface area contributed by atoms with E-state index in [0.29, 0.717) is 22.0 Å². The summed E-state index contributed by atoms with van der Waals surface area (Å²) in [6.45, 7) is 0. The first-order chi connectivity index (χ1) is 7.56. The topological polar surface area (TPSA) is 89.4 Å². The summed E-state index contributed by atoms with van der Waals surface area (Å²) in [5, 5.41) is 9.20. The maximum absolute atomic E-state index is 10.6. The van der Waals surface area contributed by atoms with Gasteiger partial charge in [0.05, 0.1) is 6.42 Å². The van der Waals surface area contributed by atoms with Crippen LogP contribution in [-0.2, 0) is 11.2 Å². The average Bonchev–Trinajstić information content (AvgIpc) is 2.58. The summed E-state index contributed by atoms with van der Waals surface area (Å²) in [7, 11) is 0. The molecule has 0 spiro atoms. The third-order valence-electron chi connectivity index (χ3n) is 2.11. The van der Waals surface area contributed by atoms with E-state index in [2.05, 4.69) is 4.98 Å². The fraction of sp³-hybridized carbons (Fsp3) is 0.200. The highest BCUT2D eigenvalue weighted by atomic mass is 35.5. The van der Waals surface area contributed by atoms with E-state index in [1.54, 1.807) is 18.2 Å². The molecule has 0 saturated carbocycles. The van der Waals surface area contributed by atoms with Crippen molar-refractivity contribution in [1.82, 2.24) is 4.98 Å². The van der Waals surface area contributed by atoms with Gasteiger partial charge in [0.1, 0.15) is 11.6 Å². The van der Waals surface area contributed by atoms with Gasteiger partial charge in [0, 0.05) is 5.02 Å². The number of hydrogen-bond acceptors (Lipinski definition) is 4. The van der Waals surface area contributed by atoms with Crippen LogP contribution in [0.4, 0.5) is 0 Å². The van der Waals surface area contributed by atoms with Gasteiger partial charge in [-0.05, 0) is 18.2 Å². The van der Waals surface area contributed by atoms with Crippen molar-refractivity contribution in [2.24, 2.45) is 5.73 Å². The molecule has 2 rings (SSSR count). The van der Waals surface area contributed by atoms with Gasteiger partial charge in [0.25, 0.3) is 0 Å². The molecular weight excluding hydrogens is 232 g/mol. The van der Waals surface area contributed by atoms with Crippen molar-refractivity contribution in [2.75, 3.05) is 0 Å². The fourth-order valence-electron chi connectivity index (χ4n) is 1.31. The van der Waals surface area contributed by atoms with Gasteiger partial charge in [-0.15, -0.1) is 0 Å². The summed E-state index contributed by atoms with van der Waals surface area (Å²) in [5.74, 6) is -0.785. The second-order valence-electron chi connectivity index (χ2n) is 3.37. The fourth-order valence-corrected chi connectivity index (χ4v) is 1.48. The number of nitrogens with two attached hydrogens (primary N) is 1. The van der Waals surface area contributed by atoms with E-state index in [-0.39, 0.29) is 6.42 Å². The van der Waals surface area contributed by atoms with Crippen molar-refractivity contribution in [1.29, 1.82) is 0 Å². The van der Waals surface area contributed by atoms with Gasteiger partial charge >= 0.3 is 5.97 Å². The Labute approximate surface area is 95.8 Å².